The summed E-state index contributed by atoms with van der Waals surface area (Å²) in [6.45, 7) is 6.07. The number of hydrogen-bond acceptors (Lipinski definition) is 3. The fourth-order valence-corrected chi connectivity index (χ4v) is 2.86. The fourth-order valence-electron chi connectivity index (χ4n) is 2.48. The predicted molar refractivity (Wildman–Crippen MR) is 91.5 cm³/mol. The molecule has 0 aliphatic carbocycles. The van der Waals surface area contributed by atoms with Crippen LogP contribution in [0.15, 0.2) is 35.1 Å². The smallest absolute Gasteiger partial charge is 0.127 e. The van der Waals surface area contributed by atoms with Crippen LogP contribution < -0.4 is 10.2 Å². The molecular weight excluding hydrogens is 328 g/mol. The Morgan fingerprint density at radius 1 is 1.43 bits per heavy atom. The van der Waals surface area contributed by atoms with E-state index in [0.29, 0.717) is 6.04 Å². The molecule has 0 radical (unpaired) electrons. The van der Waals surface area contributed by atoms with Gasteiger partial charge in [0, 0.05) is 42.7 Å². The quantitative estimate of drug-likeness (QED) is 0.865. The summed E-state index contributed by atoms with van der Waals surface area (Å²) in [6.07, 6.45) is 3.82. The number of anilines is 1. The van der Waals surface area contributed by atoms with Crippen molar-refractivity contribution in [2.75, 3.05) is 18.5 Å². The summed E-state index contributed by atoms with van der Waals surface area (Å²) in [7, 11) is 4.14. The SMILES string of the molecule is CCNC(C)c1cc(Br)ccc1N(C)Cc1nccn1C. The lowest BCUT2D eigenvalue weighted by Crippen LogP contribution is -2.24. The first-order chi connectivity index (χ1) is 10.0. The number of nitrogens with one attached hydrogen (secondary N) is 1. The molecule has 0 aliphatic heterocycles. The Hall–Kier alpha value is -1.33. The molecule has 1 atom stereocenters. The Labute approximate surface area is 135 Å². The molecule has 0 spiro atoms. The van der Waals surface area contributed by atoms with Gasteiger partial charge >= 0.3 is 0 Å². The molecular formula is C16H23BrN4. The molecule has 0 amide bonds. The molecule has 2 aromatic rings. The van der Waals surface area contributed by atoms with E-state index in [-0.39, 0.29) is 0 Å². The van der Waals surface area contributed by atoms with E-state index in [1.165, 1.54) is 11.3 Å². The summed E-state index contributed by atoms with van der Waals surface area (Å²) in [6, 6.07) is 6.76. The van der Waals surface area contributed by atoms with Crippen LogP contribution in [-0.2, 0) is 13.6 Å². The van der Waals surface area contributed by atoms with Gasteiger partial charge in [-0.3, -0.25) is 0 Å². The van der Waals surface area contributed by atoms with Gasteiger partial charge in [0.1, 0.15) is 5.82 Å². The first-order valence-electron chi connectivity index (χ1n) is 7.23. The van der Waals surface area contributed by atoms with Crippen molar-refractivity contribution in [2.45, 2.75) is 26.4 Å². The molecule has 2 rings (SSSR count). The highest BCUT2D eigenvalue weighted by molar-refractivity contribution is 9.10. The van der Waals surface area contributed by atoms with Crippen LogP contribution in [-0.4, -0.2) is 23.1 Å². The molecule has 1 N–H and O–H groups in total. The third kappa shape index (κ3) is 3.86. The van der Waals surface area contributed by atoms with Gasteiger partial charge in [0.2, 0.25) is 0 Å². The Balaban J connectivity index is 2.27. The average molecular weight is 351 g/mol. The maximum Gasteiger partial charge on any atom is 0.127 e. The van der Waals surface area contributed by atoms with Crippen molar-refractivity contribution in [1.29, 1.82) is 0 Å². The number of rotatable bonds is 6. The summed E-state index contributed by atoms with van der Waals surface area (Å²) in [5, 5.41) is 3.49. The maximum absolute atomic E-state index is 4.41. The molecule has 0 saturated carbocycles. The van der Waals surface area contributed by atoms with E-state index in [4.69, 9.17) is 0 Å². The molecule has 1 unspecified atom stereocenters. The second kappa shape index (κ2) is 7.09. The minimum atomic E-state index is 0.311. The van der Waals surface area contributed by atoms with Gasteiger partial charge in [0.05, 0.1) is 6.54 Å². The van der Waals surface area contributed by atoms with E-state index in [9.17, 15) is 0 Å². The molecule has 1 aromatic heterocycles. The van der Waals surface area contributed by atoms with Crippen LogP contribution in [0, 0.1) is 0 Å². The highest BCUT2D eigenvalue weighted by atomic mass is 79.9. The monoisotopic (exact) mass is 350 g/mol. The van der Waals surface area contributed by atoms with Gasteiger partial charge in [0.25, 0.3) is 0 Å². The maximum atomic E-state index is 4.41. The van der Waals surface area contributed by atoms with E-state index in [0.717, 1.165) is 23.4 Å². The molecule has 5 heteroatoms. The predicted octanol–water partition coefficient (Wildman–Crippen LogP) is 3.49. The minimum Gasteiger partial charge on any atom is -0.367 e. The summed E-state index contributed by atoms with van der Waals surface area (Å²) in [5.74, 6) is 1.06. The zero-order valence-electron chi connectivity index (χ0n) is 13.1. The topological polar surface area (TPSA) is 33.1 Å². The van der Waals surface area contributed by atoms with Gasteiger partial charge in [-0.25, -0.2) is 4.98 Å². The molecule has 0 bridgehead atoms. The van der Waals surface area contributed by atoms with Crippen LogP contribution >= 0.6 is 15.9 Å². The summed E-state index contributed by atoms with van der Waals surface area (Å²) >= 11 is 3.57. The average Bonchev–Trinajstić information content (AvgIpc) is 2.84. The zero-order valence-corrected chi connectivity index (χ0v) is 14.7. The molecule has 1 heterocycles. The second-order valence-corrected chi connectivity index (χ2v) is 6.21. The molecule has 114 valence electrons. The van der Waals surface area contributed by atoms with E-state index in [1.807, 2.05) is 19.4 Å². The standard InChI is InChI=1S/C16H23BrN4/c1-5-18-12(2)14-10-13(17)6-7-15(14)21(4)11-16-19-8-9-20(16)3/h6-10,12,18H,5,11H2,1-4H3. The van der Waals surface area contributed by atoms with Gasteiger partial charge in [-0.05, 0) is 37.2 Å². The van der Waals surface area contributed by atoms with Crippen LogP contribution in [0.1, 0.15) is 31.3 Å². The largest absolute Gasteiger partial charge is 0.367 e. The third-order valence-electron chi connectivity index (χ3n) is 3.68. The van der Waals surface area contributed by atoms with Gasteiger partial charge < -0.3 is 14.8 Å². The van der Waals surface area contributed by atoms with Crippen molar-refractivity contribution in [3.63, 3.8) is 0 Å². The van der Waals surface area contributed by atoms with Crippen LogP contribution in [0.3, 0.4) is 0 Å². The first kappa shape index (κ1) is 16.0. The summed E-state index contributed by atoms with van der Waals surface area (Å²) in [5.41, 5.74) is 2.53. The molecule has 0 fully saturated rings. The van der Waals surface area contributed by atoms with E-state index < -0.39 is 0 Å². The Kier molecular flexibility index (Phi) is 5.42. The highest BCUT2D eigenvalue weighted by Crippen LogP contribution is 2.29. The van der Waals surface area contributed by atoms with Crippen molar-refractivity contribution in [3.8, 4) is 0 Å². The van der Waals surface area contributed by atoms with Crippen LogP contribution in [0.5, 0.6) is 0 Å². The lowest BCUT2D eigenvalue weighted by Gasteiger charge is -2.25. The minimum absolute atomic E-state index is 0.311. The summed E-state index contributed by atoms with van der Waals surface area (Å²) in [4.78, 5) is 6.65. The number of halogens is 1. The van der Waals surface area contributed by atoms with E-state index in [2.05, 4.69) is 74.8 Å². The molecule has 4 nitrogen and oxygen atoms in total. The molecule has 21 heavy (non-hydrogen) atoms. The van der Waals surface area contributed by atoms with Gasteiger partial charge in [-0.2, -0.15) is 0 Å². The number of nitrogens with zero attached hydrogens (tertiary/aromatic N) is 3. The van der Waals surface area contributed by atoms with Crippen LogP contribution in [0.2, 0.25) is 0 Å². The van der Waals surface area contributed by atoms with Gasteiger partial charge in [-0.15, -0.1) is 0 Å². The number of imidazole rings is 1. The Morgan fingerprint density at radius 3 is 2.81 bits per heavy atom. The summed E-state index contributed by atoms with van der Waals surface area (Å²) < 4.78 is 3.17. The van der Waals surface area contributed by atoms with Crippen molar-refractivity contribution in [3.05, 3.63) is 46.5 Å². The van der Waals surface area contributed by atoms with Crippen molar-refractivity contribution in [1.82, 2.24) is 14.9 Å². The fraction of sp³-hybridized carbons (Fsp3) is 0.438. The Morgan fingerprint density at radius 2 is 2.19 bits per heavy atom. The van der Waals surface area contributed by atoms with Crippen LogP contribution in [0.4, 0.5) is 5.69 Å². The van der Waals surface area contributed by atoms with E-state index in [1.54, 1.807) is 0 Å². The lowest BCUT2D eigenvalue weighted by atomic mass is 10.1. The third-order valence-corrected chi connectivity index (χ3v) is 4.17. The van der Waals surface area contributed by atoms with Crippen LogP contribution in [0.25, 0.3) is 0 Å². The lowest BCUT2D eigenvalue weighted by molar-refractivity contribution is 0.596. The highest BCUT2D eigenvalue weighted by Gasteiger charge is 2.14. The number of hydrogen-bond donors (Lipinski definition) is 1. The second-order valence-electron chi connectivity index (χ2n) is 5.29. The molecule has 0 aliphatic rings. The number of benzene rings is 1. The number of aromatic nitrogens is 2. The normalized spacial score (nSPS) is 12.4. The van der Waals surface area contributed by atoms with Crippen molar-refractivity contribution < 1.29 is 0 Å². The molecule has 1 aromatic carbocycles. The van der Waals surface area contributed by atoms with Gasteiger partial charge in [0.15, 0.2) is 0 Å². The number of aryl methyl sites for hydroxylation is 1. The zero-order chi connectivity index (χ0) is 15.4. The van der Waals surface area contributed by atoms with Crippen molar-refractivity contribution >= 4 is 21.6 Å². The Bertz CT molecular complexity index is 594. The van der Waals surface area contributed by atoms with E-state index >= 15 is 0 Å². The van der Waals surface area contributed by atoms with Crippen molar-refractivity contribution in [2.24, 2.45) is 7.05 Å². The first-order valence-corrected chi connectivity index (χ1v) is 8.02. The van der Waals surface area contributed by atoms with Gasteiger partial charge in [-0.1, -0.05) is 22.9 Å². The molecule has 0 saturated heterocycles.